The van der Waals surface area contributed by atoms with Crippen molar-refractivity contribution >= 4 is 17.5 Å². The largest absolute Gasteiger partial charge is 0.417 e. The second kappa shape index (κ2) is 9.30. The van der Waals surface area contributed by atoms with E-state index < -0.39 is 5.54 Å². The lowest BCUT2D eigenvalue weighted by molar-refractivity contribution is 0.0150. The van der Waals surface area contributed by atoms with Crippen molar-refractivity contribution in [3.63, 3.8) is 0 Å². The minimum atomic E-state index is -0.672. The molecule has 0 radical (unpaired) electrons. The van der Waals surface area contributed by atoms with Crippen LogP contribution in [0.5, 0.6) is 0 Å². The van der Waals surface area contributed by atoms with Crippen molar-refractivity contribution in [1.82, 2.24) is 34.6 Å². The highest BCUT2D eigenvalue weighted by atomic mass is 19.1. The van der Waals surface area contributed by atoms with Gasteiger partial charge in [-0.15, -0.1) is 10.2 Å². The molecule has 0 unspecified atom stereocenters. The van der Waals surface area contributed by atoms with Crippen LogP contribution in [0.4, 0.5) is 4.39 Å². The number of rotatable bonds is 4. The fourth-order valence-electron chi connectivity index (χ4n) is 4.78. The van der Waals surface area contributed by atoms with Gasteiger partial charge in [-0.3, -0.25) is 9.59 Å². The van der Waals surface area contributed by atoms with Crippen molar-refractivity contribution in [2.45, 2.75) is 53.0 Å². The van der Waals surface area contributed by atoms with E-state index in [0.717, 1.165) is 5.56 Å². The topological polar surface area (TPSA) is 110 Å². The van der Waals surface area contributed by atoms with E-state index in [0.29, 0.717) is 48.0 Å². The Morgan fingerprint density at radius 1 is 1.08 bits per heavy atom. The summed E-state index contributed by atoms with van der Waals surface area (Å²) >= 11 is 0. The lowest BCUT2D eigenvalue weighted by Crippen LogP contribution is -2.62. The molecule has 1 aromatic carbocycles. The molecule has 5 rings (SSSR count). The number of aromatic nitrogens is 5. The molecule has 0 spiro atoms. The summed E-state index contributed by atoms with van der Waals surface area (Å²) in [5.74, 6) is -0.554. The maximum atomic E-state index is 14.3. The first-order valence-corrected chi connectivity index (χ1v) is 12.5. The maximum Gasteiger partial charge on any atom is 0.311 e. The second-order valence-electron chi connectivity index (χ2n) is 10.6. The SMILES string of the molecule is Cc1nnc(C(=O)N2CCN(C(=O)c3cn4nc(-c5ccc(C)c(F)c5)cc(C(C)C)c4n3)C(C)(C)C2)o1. The number of hydrogen-bond donors (Lipinski definition) is 0. The number of carbonyl (C=O) groups is 2. The molecule has 3 aromatic heterocycles. The Morgan fingerprint density at radius 2 is 1.84 bits per heavy atom. The zero-order valence-corrected chi connectivity index (χ0v) is 22.3. The third-order valence-electron chi connectivity index (χ3n) is 6.91. The number of halogens is 1. The highest BCUT2D eigenvalue weighted by Crippen LogP contribution is 2.29. The standard InChI is InChI=1S/C27H30FN7O3/c1-15(2)19-12-21(18-8-7-16(3)20(28)11-18)32-35-13-22(29-23(19)35)25(36)34-10-9-33(14-27(34,5)6)26(37)24-31-30-17(4)38-24/h7-8,11-13,15H,9-10,14H2,1-6H3. The van der Waals surface area contributed by atoms with Crippen LogP contribution >= 0.6 is 0 Å². The van der Waals surface area contributed by atoms with Crippen molar-refractivity contribution in [1.29, 1.82) is 0 Å². The van der Waals surface area contributed by atoms with Crippen LogP contribution in [-0.2, 0) is 0 Å². The number of carbonyl (C=O) groups excluding carboxylic acids is 2. The van der Waals surface area contributed by atoms with Crippen LogP contribution in [0.15, 0.2) is 34.9 Å². The van der Waals surface area contributed by atoms with Gasteiger partial charge in [0, 0.05) is 37.7 Å². The molecule has 0 aliphatic carbocycles. The van der Waals surface area contributed by atoms with Crippen molar-refractivity contribution in [3.8, 4) is 11.3 Å². The van der Waals surface area contributed by atoms with E-state index in [4.69, 9.17) is 4.42 Å². The van der Waals surface area contributed by atoms with E-state index in [1.807, 2.05) is 39.8 Å². The molecule has 11 heteroatoms. The number of fused-ring (bicyclic) bond motifs is 1. The summed E-state index contributed by atoms with van der Waals surface area (Å²) in [7, 11) is 0. The van der Waals surface area contributed by atoms with Gasteiger partial charge in [0.05, 0.1) is 17.4 Å². The van der Waals surface area contributed by atoms with E-state index in [2.05, 4.69) is 20.3 Å². The molecule has 2 amide bonds. The third-order valence-corrected chi connectivity index (χ3v) is 6.91. The first-order valence-electron chi connectivity index (χ1n) is 12.5. The highest BCUT2D eigenvalue weighted by Gasteiger charge is 2.40. The predicted molar refractivity (Wildman–Crippen MR) is 137 cm³/mol. The molecule has 1 saturated heterocycles. The highest BCUT2D eigenvalue weighted by molar-refractivity contribution is 5.94. The molecule has 1 aliphatic rings. The molecule has 0 atom stereocenters. The van der Waals surface area contributed by atoms with E-state index in [9.17, 15) is 14.0 Å². The minimum Gasteiger partial charge on any atom is -0.417 e. The molecule has 4 heterocycles. The third kappa shape index (κ3) is 4.52. The van der Waals surface area contributed by atoms with Crippen LogP contribution in [0, 0.1) is 19.7 Å². The van der Waals surface area contributed by atoms with Crippen molar-refractivity contribution in [3.05, 3.63) is 64.9 Å². The summed E-state index contributed by atoms with van der Waals surface area (Å²) in [4.78, 5) is 34.5. The lowest BCUT2D eigenvalue weighted by Gasteiger charge is -2.46. The Morgan fingerprint density at radius 3 is 2.47 bits per heavy atom. The Hall–Kier alpha value is -4.15. The Bertz CT molecular complexity index is 1560. The number of imidazole rings is 1. The van der Waals surface area contributed by atoms with Gasteiger partial charge in [-0.2, -0.15) is 5.10 Å². The predicted octanol–water partition coefficient (Wildman–Crippen LogP) is 4.04. The summed E-state index contributed by atoms with van der Waals surface area (Å²) in [5.41, 5.74) is 2.88. The quantitative estimate of drug-likeness (QED) is 0.400. The van der Waals surface area contributed by atoms with Crippen molar-refractivity contribution < 1.29 is 18.4 Å². The molecule has 0 N–H and O–H groups in total. The fraction of sp³-hybridized carbons (Fsp3) is 0.407. The number of aryl methyl sites for hydroxylation is 2. The second-order valence-corrected chi connectivity index (χ2v) is 10.6. The zero-order valence-electron chi connectivity index (χ0n) is 22.3. The first-order chi connectivity index (χ1) is 17.9. The van der Waals surface area contributed by atoms with Gasteiger partial charge in [-0.25, -0.2) is 13.9 Å². The molecule has 4 aromatic rings. The number of benzene rings is 1. The number of hydrogen-bond acceptors (Lipinski definition) is 7. The van der Waals surface area contributed by atoms with Gasteiger partial charge in [0.15, 0.2) is 5.65 Å². The molecule has 1 fully saturated rings. The van der Waals surface area contributed by atoms with E-state index in [1.165, 1.54) is 6.07 Å². The van der Waals surface area contributed by atoms with Crippen molar-refractivity contribution in [2.24, 2.45) is 0 Å². The van der Waals surface area contributed by atoms with Crippen molar-refractivity contribution in [2.75, 3.05) is 19.6 Å². The summed E-state index contributed by atoms with van der Waals surface area (Å²) < 4.78 is 21.2. The average molecular weight is 520 g/mol. The van der Waals surface area contributed by atoms with Crippen LogP contribution < -0.4 is 0 Å². The number of nitrogens with zero attached hydrogens (tertiary/aromatic N) is 7. The molecular formula is C27H30FN7O3. The average Bonchev–Trinajstić information content (AvgIpc) is 3.49. The summed E-state index contributed by atoms with van der Waals surface area (Å²) in [5, 5.41) is 12.2. The Labute approximate surface area is 219 Å². The smallest absolute Gasteiger partial charge is 0.311 e. The number of piperazine rings is 1. The van der Waals surface area contributed by atoms with Gasteiger partial charge >= 0.3 is 11.8 Å². The van der Waals surface area contributed by atoms with Gasteiger partial charge in [0.2, 0.25) is 5.89 Å². The van der Waals surface area contributed by atoms with Crippen LogP contribution in [0.1, 0.15) is 71.8 Å². The molecule has 198 valence electrons. The maximum absolute atomic E-state index is 14.3. The van der Waals surface area contributed by atoms with Gasteiger partial charge in [-0.05, 0) is 44.4 Å². The van der Waals surface area contributed by atoms with E-state index >= 15 is 0 Å². The van der Waals surface area contributed by atoms with Gasteiger partial charge < -0.3 is 14.2 Å². The van der Waals surface area contributed by atoms with Crippen LogP contribution in [0.25, 0.3) is 16.9 Å². The van der Waals surface area contributed by atoms with Gasteiger partial charge in [-0.1, -0.05) is 26.0 Å². The van der Waals surface area contributed by atoms with Crippen LogP contribution in [0.2, 0.25) is 0 Å². The molecular weight excluding hydrogens is 489 g/mol. The molecule has 10 nitrogen and oxygen atoms in total. The van der Waals surface area contributed by atoms with Gasteiger partial charge in [0.1, 0.15) is 11.5 Å². The van der Waals surface area contributed by atoms with Gasteiger partial charge in [0.25, 0.3) is 5.91 Å². The number of amides is 2. The summed E-state index contributed by atoms with van der Waals surface area (Å²) in [6.07, 6.45) is 1.62. The summed E-state index contributed by atoms with van der Waals surface area (Å²) in [6.45, 7) is 12.2. The normalized spacial score (nSPS) is 15.5. The van der Waals surface area contributed by atoms with E-state index in [1.54, 1.807) is 40.4 Å². The molecule has 38 heavy (non-hydrogen) atoms. The molecule has 0 saturated carbocycles. The Balaban J connectivity index is 1.44. The lowest BCUT2D eigenvalue weighted by atomic mass is 9.98. The zero-order chi connectivity index (χ0) is 27.4. The minimum absolute atomic E-state index is 0.0602. The fourth-order valence-corrected chi connectivity index (χ4v) is 4.78. The molecule has 1 aliphatic heterocycles. The first kappa shape index (κ1) is 25.5. The van der Waals surface area contributed by atoms with Crippen LogP contribution in [-0.4, -0.2) is 71.6 Å². The summed E-state index contributed by atoms with van der Waals surface area (Å²) in [6, 6.07) is 6.92. The molecule has 0 bridgehead atoms. The van der Waals surface area contributed by atoms with Crippen LogP contribution in [0.3, 0.4) is 0 Å². The Kier molecular flexibility index (Phi) is 6.24. The van der Waals surface area contributed by atoms with E-state index in [-0.39, 0.29) is 35.1 Å². The monoisotopic (exact) mass is 519 g/mol.